The summed E-state index contributed by atoms with van der Waals surface area (Å²) in [6.45, 7) is 0. The van der Waals surface area contributed by atoms with Gasteiger partial charge in [-0.2, -0.15) is 0 Å². The maximum Gasteiger partial charge on any atom is 0.0546 e. The van der Waals surface area contributed by atoms with E-state index in [1.807, 2.05) is 0 Å². The van der Waals surface area contributed by atoms with Crippen molar-refractivity contribution in [1.82, 2.24) is 0 Å². The Morgan fingerprint density at radius 2 is 0.738 bits per heavy atom. The van der Waals surface area contributed by atoms with E-state index in [0.717, 1.165) is 28.2 Å². The van der Waals surface area contributed by atoms with E-state index < -0.39 is 0 Å². The van der Waals surface area contributed by atoms with Gasteiger partial charge in [0.15, 0.2) is 0 Å². The molecule has 1 nitrogen and oxygen atoms in total. The summed E-state index contributed by atoms with van der Waals surface area (Å²) in [5.41, 5.74) is 15.0. The van der Waals surface area contributed by atoms with Crippen molar-refractivity contribution in [3.05, 3.63) is 249 Å². The first-order valence-corrected chi connectivity index (χ1v) is 21.0. The van der Waals surface area contributed by atoms with Gasteiger partial charge in [-0.1, -0.05) is 200 Å². The van der Waals surface area contributed by atoms with Crippen LogP contribution in [0, 0.1) is 0 Å². The highest BCUT2D eigenvalue weighted by Crippen LogP contribution is 2.49. The maximum absolute atomic E-state index is 2.45. The van der Waals surface area contributed by atoms with E-state index in [4.69, 9.17) is 0 Å². The molecule has 0 aromatic heterocycles. The van der Waals surface area contributed by atoms with Crippen molar-refractivity contribution >= 4 is 49.4 Å². The van der Waals surface area contributed by atoms with E-state index in [0.29, 0.717) is 0 Å². The summed E-state index contributed by atoms with van der Waals surface area (Å²) in [7, 11) is 0. The van der Waals surface area contributed by atoms with Crippen LogP contribution in [0.1, 0.15) is 0 Å². The normalized spacial score (nSPS) is 11.3. The number of benzene rings is 11. The molecule has 0 unspecified atom stereocenters. The monoisotopic (exact) mass is 775 g/mol. The molecule has 11 rings (SSSR count). The van der Waals surface area contributed by atoms with Crippen molar-refractivity contribution in [2.24, 2.45) is 0 Å². The maximum atomic E-state index is 2.45. The third kappa shape index (κ3) is 6.83. The van der Waals surface area contributed by atoms with Crippen LogP contribution in [0.25, 0.3) is 88.0 Å². The Kier molecular flexibility index (Phi) is 9.26. The van der Waals surface area contributed by atoms with E-state index in [1.165, 1.54) is 76.8 Å². The van der Waals surface area contributed by atoms with Crippen molar-refractivity contribution < 1.29 is 0 Å². The average Bonchev–Trinajstić information content (AvgIpc) is 3.35. The predicted octanol–water partition coefficient (Wildman–Crippen LogP) is 17.0. The average molecular weight is 776 g/mol. The number of nitrogens with zero attached hydrogens (tertiary/aromatic N) is 1. The van der Waals surface area contributed by atoms with Crippen molar-refractivity contribution in [2.45, 2.75) is 0 Å². The fraction of sp³-hybridized carbons (Fsp3) is 0. The zero-order chi connectivity index (χ0) is 40.5. The van der Waals surface area contributed by atoms with Crippen molar-refractivity contribution in [3.8, 4) is 55.6 Å². The first kappa shape index (κ1) is 36.1. The number of anilines is 3. The molecule has 0 atom stereocenters. The second kappa shape index (κ2) is 15.6. The lowest BCUT2D eigenvalue weighted by Crippen LogP contribution is -2.12. The first-order chi connectivity index (χ1) is 30.2. The second-order valence-corrected chi connectivity index (χ2v) is 15.7. The molecule has 0 saturated carbocycles. The summed E-state index contributed by atoms with van der Waals surface area (Å²) in [6.07, 6.45) is 0. The summed E-state index contributed by atoms with van der Waals surface area (Å²) in [5, 5.41) is 7.47. The Morgan fingerprint density at radius 3 is 1.46 bits per heavy atom. The van der Waals surface area contributed by atoms with Gasteiger partial charge in [-0.25, -0.2) is 0 Å². The molecule has 0 spiro atoms. The number of hydrogen-bond acceptors (Lipinski definition) is 1. The van der Waals surface area contributed by atoms with Crippen LogP contribution in [-0.4, -0.2) is 0 Å². The zero-order valence-corrected chi connectivity index (χ0v) is 33.6. The Hall–Kier alpha value is -8.00. The van der Waals surface area contributed by atoms with E-state index in [2.05, 4.69) is 254 Å². The standard InChI is InChI=1S/C60H41N/c1-4-17-42(18-5-1)48-26-16-27-52(38-48)61(51-35-33-44(34-36-51)49-32-31-43-19-10-11-24-47(43)37-49)60-41-56(45-20-6-2-7-21-45)59(40-57(60)46-22-8-3-9-23-46)58-39-50-25-12-13-28-53(50)54-29-14-15-30-55(54)58/h1-41H. The van der Waals surface area contributed by atoms with Gasteiger partial charge in [0.1, 0.15) is 0 Å². The fourth-order valence-electron chi connectivity index (χ4n) is 9.03. The van der Waals surface area contributed by atoms with Gasteiger partial charge in [-0.3, -0.25) is 0 Å². The molecule has 61 heavy (non-hydrogen) atoms. The third-order valence-corrected chi connectivity index (χ3v) is 12.0. The minimum atomic E-state index is 1.08. The molecule has 0 amide bonds. The van der Waals surface area contributed by atoms with E-state index >= 15 is 0 Å². The van der Waals surface area contributed by atoms with Gasteiger partial charge in [0.05, 0.1) is 5.69 Å². The summed E-state index contributed by atoms with van der Waals surface area (Å²) < 4.78 is 0. The molecule has 11 aromatic carbocycles. The van der Waals surface area contributed by atoms with Crippen LogP contribution < -0.4 is 4.90 Å². The number of rotatable bonds is 8. The number of hydrogen-bond donors (Lipinski definition) is 0. The van der Waals surface area contributed by atoms with Crippen LogP contribution in [0.2, 0.25) is 0 Å². The van der Waals surface area contributed by atoms with Crippen LogP contribution in [0.15, 0.2) is 249 Å². The topological polar surface area (TPSA) is 3.24 Å². The van der Waals surface area contributed by atoms with Gasteiger partial charge < -0.3 is 4.90 Å². The predicted molar refractivity (Wildman–Crippen MR) is 261 cm³/mol. The SMILES string of the molecule is c1ccc(-c2cccc(N(c3ccc(-c4ccc5ccccc5c4)cc3)c3cc(-c4ccccc4)c(-c4cc5ccccc5c5ccccc45)cc3-c3ccccc3)c2)cc1. The zero-order valence-electron chi connectivity index (χ0n) is 33.6. The fourth-order valence-corrected chi connectivity index (χ4v) is 9.03. The van der Waals surface area contributed by atoms with Crippen LogP contribution in [-0.2, 0) is 0 Å². The highest BCUT2D eigenvalue weighted by molar-refractivity contribution is 6.15. The molecule has 0 aliphatic heterocycles. The molecule has 286 valence electrons. The van der Waals surface area contributed by atoms with Gasteiger partial charge in [0.2, 0.25) is 0 Å². The van der Waals surface area contributed by atoms with Crippen molar-refractivity contribution in [2.75, 3.05) is 4.90 Å². The highest BCUT2D eigenvalue weighted by atomic mass is 15.1. The van der Waals surface area contributed by atoms with Crippen LogP contribution in [0.4, 0.5) is 17.1 Å². The molecule has 0 fully saturated rings. The minimum absolute atomic E-state index is 1.08. The summed E-state index contributed by atoms with van der Waals surface area (Å²) in [6, 6.07) is 90.7. The lowest BCUT2D eigenvalue weighted by atomic mass is 9.86. The lowest BCUT2D eigenvalue weighted by Gasteiger charge is -2.30. The Balaban J connectivity index is 1.19. The quantitative estimate of drug-likeness (QED) is 0.139. The summed E-state index contributed by atoms with van der Waals surface area (Å²) in [4.78, 5) is 2.45. The van der Waals surface area contributed by atoms with Crippen LogP contribution >= 0.6 is 0 Å². The van der Waals surface area contributed by atoms with Gasteiger partial charge in [-0.05, 0) is 131 Å². The first-order valence-electron chi connectivity index (χ1n) is 21.0. The summed E-state index contributed by atoms with van der Waals surface area (Å²) in [5.74, 6) is 0. The van der Waals surface area contributed by atoms with Crippen LogP contribution in [0.3, 0.4) is 0 Å². The van der Waals surface area contributed by atoms with Gasteiger partial charge in [0.25, 0.3) is 0 Å². The Morgan fingerprint density at radius 1 is 0.213 bits per heavy atom. The minimum Gasteiger partial charge on any atom is -0.310 e. The van der Waals surface area contributed by atoms with Gasteiger partial charge in [-0.15, -0.1) is 0 Å². The van der Waals surface area contributed by atoms with Crippen LogP contribution in [0.5, 0.6) is 0 Å². The van der Waals surface area contributed by atoms with Crippen molar-refractivity contribution in [1.29, 1.82) is 0 Å². The van der Waals surface area contributed by atoms with E-state index in [9.17, 15) is 0 Å². The van der Waals surface area contributed by atoms with E-state index in [1.54, 1.807) is 0 Å². The molecule has 0 radical (unpaired) electrons. The number of fused-ring (bicyclic) bond motifs is 4. The Bertz CT molecular complexity index is 3330. The smallest absolute Gasteiger partial charge is 0.0546 e. The Labute approximate surface area is 357 Å². The molecule has 0 aliphatic rings. The molecule has 0 aliphatic carbocycles. The molecule has 0 N–H and O–H groups in total. The van der Waals surface area contributed by atoms with Gasteiger partial charge >= 0.3 is 0 Å². The highest BCUT2D eigenvalue weighted by Gasteiger charge is 2.23. The lowest BCUT2D eigenvalue weighted by molar-refractivity contribution is 1.28. The molecule has 0 saturated heterocycles. The molecular weight excluding hydrogens is 735 g/mol. The molecule has 0 heterocycles. The largest absolute Gasteiger partial charge is 0.310 e. The third-order valence-electron chi connectivity index (χ3n) is 12.0. The van der Waals surface area contributed by atoms with Crippen molar-refractivity contribution in [3.63, 3.8) is 0 Å². The molecule has 0 bridgehead atoms. The molecule has 11 aromatic rings. The second-order valence-electron chi connectivity index (χ2n) is 15.7. The molecular formula is C60H41N. The van der Waals surface area contributed by atoms with Gasteiger partial charge in [0, 0.05) is 16.9 Å². The molecule has 1 heteroatoms. The van der Waals surface area contributed by atoms with E-state index in [-0.39, 0.29) is 0 Å². The summed E-state index contributed by atoms with van der Waals surface area (Å²) >= 11 is 0.